The predicted octanol–water partition coefficient (Wildman–Crippen LogP) is 5.07. The molecule has 2 aliphatic rings. The Balaban J connectivity index is 1.64. The predicted molar refractivity (Wildman–Crippen MR) is 144 cm³/mol. The molecule has 0 radical (unpaired) electrons. The number of nitriles is 1. The highest BCUT2D eigenvalue weighted by atomic mass is 35.5. The summed E-state index contributed by atoms with van der Waals surface area (Å²) < 4.78 is 57.1. The fourth-order valence-corrected chi connectivity index (χ4v) is 5.42. The van der Waals surface area contributed by atoms with Crippen molar-refractivity contribution in [1.29, 1.82) is 5.26 Å². The van der Waals surface area contributed by atoms with Crippen molar-refractivity contribution >= 4 is 40.8 Å². The molecule has 1 unspecified atom stereocenters. The summed E-state index contributed by atoms with van der Waals surface area (Å²) in [6, 6.07) is 8.79. The first-order chi connectivity index (χ1) is 20.0. The third-order valence-electron chi connectivity index (χ3n) is 7.17. The van der Waals surface area contributed by atoms with Crippen molar-refractivity contribution in [3.8, 4) is 6.07 Å². The maximum Gasteiger partial charge on any atom is 0.252 e. The molecule has 2 aromatic carbocycles. The highest BCUT2D eigenvalue weighted by molar-refractivity contribution is 6.31. The van der Waals surface area contributed by atoms with E-state index in [0.717, 1.165) is 23.1 Å². The molecule has 13 heteroatoms. The van der Waals surface area contributed by atoms with Crippen molar-refractivity contribution in [2.45, 2.75) is 49.7 Å². The van der Waals surface area contributed by atoms with Gasteiger partial charge in [-0.25, -0.2) is 22.5 Å². The zero-order chi connectivity index (χ0) is 30.2. The minimum Gasteiger partial charge on any atom is -0.351 e. The van der Waals surface area contributed by atoms with E-state index < -0.39 is 71.9 Å². The first-order valence-corrected chi connectivity index (χ1v) is 13.3. The average molecular weight is 600 g/mol. The molecule has 216 valence electrons. The fourth-order valence-electron chi connectivity index (χ4n) is 5.18. The molecule has 3 amide bonds. The van der Waals surface area contributed by atoms with Gasteiger partial charge in [-0.2, -0.15) is 5.26 Å². The quantitative estimate of drug-likeness (QED) is 0.382. The molecule has 1 N–H and O–H groups in total. The Bertz CT molecular complexity index is 1610. The first kappa shape index (κ1) is 29.0. The number of benzene rings is 2. The Morgan fingerprint density at radius 3 is 2.57 bits per heavy atom. The van der Waals surface area contributed by atoms with Crippen molar-refractivity contribution in [2.24, 2.45) is 0 Å². The summed E-state index contributed by atoms with van der Waals surface area (Å²) in [5.74, 6) is -7.45. The molecule has 0 spiro atoms. The molecule has 1 aliphatic carbocycles. The second-order valence-electron chi connectivity index (χ2n) is 10.0. The van der Waals surface area contributed by atoms with Gasteiger partial charge in [-0.3, -0.25) is 24.2 Å². The Labute approximate surface area is 242 Å². The van der Waals surface area contributed by atoms with Crippen molar-refractivity contribution in [3.05, 3.63) is 88.6 Å². The van der Waals surface area contributed by atoms with E-state index in [-0.39, 0.29) is 34.8 Å². The second kappa shape index (κ2) is 11.4. The second-order valence-corrected chi connectivity index (χ2v) is 10.4. The Hall–Kier alpha value is -4.50. The van der Waals surface area contributed by atoms with Crippen LogP contribution in [0.25, 0.3) is 0 Å². The fraction of sp³-hybridized carbons (Fsp3) is 0.276. The Kier molecular flexibility index (Phi) is 7.88. The number of pyridine rings is 1. The number of alkyl halides is 2. The van der Waals surface area contributed by atoms with E-state index in [9.17, 15) is 32.8 Å². The maximum atomic E-state index is 15.4. The standard InChI is InChI=1S/C29H22ClF4N5O3/c30-20-4-2-1-3-19(20)26(27(41)37-18-13-29(33,34)14-18)39(23-12-17(31)5-6-21(23)32)28(42)22-7-8-25(40)38(22)24-11-16(15-35)9-10-36-24/h1-6,9-12,18,22,26H,7-8,13-14H2,(H,37,41)/t22?,26-/m0/s1. The zero-order valence-electron chi connectivity index (χ0n) is 21.7. The Morgan fingerprint density at radius 2 is 1.88 bits per heavy atom. The number of aromatic nitrogens is 1. The van der Waals surface area contributed by atoms with Gasteiger partial charge in [0.05, 0.1) is 17.3 Å². The van der Waals surface area contributed by atoms with Gasteiger partial charge in [-0.15, -0.1) is 0 Å². The summed E-state index contributed by atoms with van der Waals surface area (Å²) in [5.41, 5.74) is -0.457. The number of amides is 3. The van der Waals surface area contributed by atoms with Crippen molar-refractivity contribution < 1.29 is 31.9 Å². The van der Waals surface area contributed by atoms with E-state index in [2.05, 4.69) is 10.3 Å². The summed E-state index contributed by atoms with van der Waals surface area (Å²) in [4.78, 5) is 47.0. The molecule has 3 aromatic rings. The number of carbonyl (C=O) groups excluding carboxylic acids is 3. The third kappa shape index (κ3) is 5.65. The smallest absolute Gasteiger partial charge is 0.252 e. The van der Waals surface area contributed by atoms with E-state index in [4.69, 9.17) is 11.6 Å². The van der Waals surface area contributed by atoms with Crippen LogP contribution in [0.2, 0.25) is 5.02 Å². The number of hydrogen-bond acceptors (Lipinski definition) is 5. The minimum atomic E-state index is -2.97. The van der Waals surface area contributed by atoms with Crippen LogP contribution in [-0.2, 0) is 14.4 Å². The lowest BCUT2D eigenvalue weighted by atomic mass is 9.87. The SMILES string of the molecule is N#Cc1ccnc(N2C(=O)CCC2C(=O)N(c2cc(F)ccc2F)[C@H](C(=O)NC2CC(F)(F)C2)c2ccccc2Cl)c1. The number of carbonyl (C=O) groups is 3. The zero-order valence-corrected chi connectivity index (χ0v) is 22.5. The Morgan fingerprint density at radius 1 is 1.14 bits per heavy atom. The van der Waals surface area contributed by atoms with Gasteiger partial charge < -0.3 is 5.32 Å². The maximum absolute atomic E-state index is 15.4. The van der Waals surface area contributed by atoms with Crippen LogP contribution in [0.1, 0.15) is 42.9 Å². The number of rotatable bonds is 7. The molecule has 2 atom stereocenters. The molecular formula is C29H22ClF4N5O3. The molecular weight excluding hydrogens is 578 g/mol. The molecule has 42 heavy (non-hydrogen) atoms. The number of nitrogens with zero attached hydrogens (tertiary/aromatic N) is 4. The topological polar surface area (TPSA) is 106 Å². The van der Waals surface area contributed by atoms with Crippen LogP contribution in [0, 0.1) is 23.0 Å². The van der Waals surface area contributed by atoms with Gasteiger partial charge in [0.25, 0.3) is 11.8 Å². The minimum absolute atomic E-state index is 0.00561. The van der Waals surface area contributed by atoms with Gasteiger partial charge in [0.1, 0.15) is 29.5 Å². The van der Waals surface area contributed by atoms with E-state index in [1.807, 2.05) is 6.07 Å². The van der Waals surface area contributed by atoms with Crippen LogP contribution in [0.3, 0.4) is 0 Å². The van der Waals surface area contributed by atoms with Gasteiger partial charge in [0, 0.05) is 48.2 Å². The molecule has 8 nitrogen and oxygen atoms in total. The molecule has 5 rings (SSSR count). The monoisotopic (exact) mass is 599 g/mol. The normalized spacial score (nSPS) is 18.6. The van der Waals surface area contributed by atoms with Gasteiger partial charge in [-0.05, 0) is 36.8 Å². The van der Waals surface area contributed by atoms with Crippen molar-refractivity contribution in [3.63, 3.8) is 0 Å². The number of nitrogens with one attached hydrogen (secondary N) is 1. The summed E-state index contributed by atoms with van der Waals surface area (Å²) in [6.07, 6.45) is -0.187. The largest absolute Gasteiger partial charge is 0.351 e. The summed E-state index contributed by atoms with van der Waals surface area (Å²) in [6.45, 7) is 0. The van der Waals surface area contributed by atoms with Crippen LogP contribution in [0.15, 0.2) is 60.8 Å². The summed E-state index contributed by atoms with van der Waals surface area (Å²) in [7, 11) is 0. The third-order valence-corrected chi connectivity index (χ3v) is 7.51. The molecule has 0 bridgehead atoms. The molecule has 1 saturated carbocycles. The number of halogens is 5. The first-order valence-electron chi connectivity index (χ1n) is 12.9. The van der Waals surface area contributed by atoms with Gasteiger partial charge in [0.2, 0.25) is 11.8 Å². The van der Waals surface area contributed by atoms with Crippen molar-refractivity contribution in [2.75, 3.05) is 9.80 Å². The van der Waals surface area contributed by atoms with Crippen LogP contribution in [0.5, 0.6) is 0 Å². The highest BCUT2D eigenvalue weighted by Crippen LogP contribution is 2.40. The van der Waals surface area contributed by atoms with Crippen LogP contribution < -0.4 is 15.1 Å². The summed E-state index contributed by atoms with van der Waals surface area (Å²) >= 11 is 6.43. The lowest BCUT2D eigenvalue weighted by Crippen LogP contribution is -2.56. The number of anilines is 2. The molecule has 1 saturated heterocycles. The summed E-state index contributed by atoms with van der Waals surface area (Å²) in [5, 5.41) is 11.8. The van der Waals surface area contributed by atoms with Crippen LogP contribution in [0.4, 0.5) is 29.1 Å². The van der Waals surface area contributed by atoms with Gasteiger partial charge in [-0.1, -0.05) is 29.8 Å². The van der Waals surface area contributed by atoms with Crippen LogP contribution in [-0.4, -0.2) is 40.7 Å². The molecule has 1 aromatic heterocycles. The van der Waals surface area contributed by atoms with Gasteiger partial charge >= 0.3 is 0 Å². The van der Waals surface area contributed by atoms with E-state index in [0.29, 0.717) is 4.90 Å². The highest BCUT2D eigenvalue weighted by Gasteiger charge is 2.49. The average Bonchev–Trinajstić information content (AvgIpc) is 3.33. The number of hydrogen-bond donors (Lipinski definition) is 1. The van der Waals surface area contributed by atoms with E-state index in [1.54, 1.807) is 6.07 Å². The van der Waals surface area contributed by atoms with E-state index >= 15 is 4.39 Å². The van der Waals surface area contributed by atoms with Crippen LogP contribution >= 0.6 is 11.6 Å². The lowest BCUT2D eigenvalue weighted by molar-refractivity contribution is -0.133. The van der Waals surface area contributed by atoms with Gasteiger partial charge in [0.15, 0.2) is 0 Å². The molecule has 2 fully saturated rings. The van der Waals surface area contributed by atoms with E-state index in [1.165, 1.54) is 36.5 Å². The van der Waals surface area contributed by atoms with Crippen molar-refractivity contribution in [1.82, 2.24) is 10.3 Å². The lowest BCUT2D eigenvalue weighted by Gasteiger charge is -2.39. The molecule has 1 aliphatic heterocycles. The molecule has 2 heterocycles.